The van der Waals surface area contributed by atoms with Crippen LogP contribution in [-0.2, 0) is 0 Å². The number of aryl methyl sites for hydroxylation is 1. The first-order valence-corrected chi connectivity index (χ1v) is 5.84. The summed E-state index contributed by atoms with van der Waals surface area (Å²) in [4.78, 5) is 12.5. The highest BCUT2D eigenvalue weighted by atomic mass is 16.5. The first-order valence-electron chi connectivity index (χ1n) is 5.84. The molecule has 3 rings (SSSR count). The minimum Gasteiger partial charge on any atom is -0.424 e. The van der Waals surface area contributed by atoms with Crippen LogP contribution in [0, 0.1) is 6.92 Å². The fourth-order valence-electron chi connectivity index (χ4n) is 1.79. The predicted molar refractivity (Wildman–Crippen MR) is 73.0 cm³/mol. The Morgan fingerprint density at radius 2 is 1.84 bits per heavy atom. The summed E-state index contributed by atoms with van der Waals surface area (Å²) in [5.74, 6) is 0.640. The Bertz CT molecular complexity index is 725. The topological polar surface area (TPSA) is 73.9 Å². The van der Waals surface area contributed by atoms with Crippen LogP contribution in [0.2, 0.25) is 0 Å². The molecule has 0 unspecified atom stereocenters. The molecule has 3 aromatic rings. The van der Waals surface area contributed by atoms with Crippen LogP contribution in [0.3, 0.4) is 0 Å². The lowest BCUT2D eigenvalue weighted by Crippen LogP contribution is -1.95. The first-order chi connectivity index (χ1) is 9.24. The molecule has 5 nitrogen and oxygen atoms in total. The zero-order valence-corrected chi connectivity index (χ0v) is 10.4. The molecule has 0 amide bonds. The van der Waals surface area contributed by atoms with Gasteiger partial charge in [-0.05, 0) is 36.8 Å². The van der Waals surface area contributed by atoms with Crippen molar-refractivity contribution < 1.29 is 4.74 Å². The van der Waals surface area contributed by atoms with Crippen LogP contribution in [0.4, 0.5) is 5.69 Å². The molecule has 5 heteroatoms. The van der Waals surface area contributed by atoms with E-state index in [2.05, 4.69) is 15.0 Å². The van der Waals surface area contributed by atoms with Crippen LogP contribution in [0.25, 0.3) is 10.9 Å². The van der Waals surface area contributed by atoms with Crippen molar-refractivity contribution in [2.75, 3.05) is 5.73 Å². The number of anilines is 1. The molecule has 0 aliphatic heterocycles. The average molecular weight is 252 g/mol. The highest BCUT2D eigenvalue weighted by Crippen LogP contribution is 2.30. The summed E-state index contributed by atoms with van der Waals surface area (Å²) in [6.07, 6.45) is 5.12. The summed E-state index contributed by atoms with van der Waals surface area (Å²) < 4.78 is 5.68. The second-order valence-corrected chi connectivity index (χ2v) is 4.20. The molecule has 0 aliphatic carbocycles. The van der Waals surface area contributed by atoms with E-state index in [9.17, 15) is 0 Å². The van der Waals surface area contributed by atoms with Crippen molar-refractivity contribution >= 4 is 16.6 Å². The van der Waals surface area contributed by atoms with Crippen LogP contribution < -0.4 is 10.5 Å². The number of benzene rings is 1. The smallest absolute Gasteiger partial charge is 0.321 e. The minimum absolute atomic E-state index is 0.306. The molecule has 0 aliphatic rings. The molecule has 2 N–H and O–H groups in total. The number of pyridine rings is 1. The molecular formula is C14H12N4O. The maximum Gasteiger partial charge on any atom is 0.321 e. The Kier molecular flexibility index (Phi) is 2.72. The van der Waals surface area contributed by atoms with E-state index >= 15 is 0 Å². The summed E-state index contributed by atoms with van der Waals surface area (Å²) in [6.45, 7) is 1.92. The van der Waals surface area contributed by atoms with Crippen LogP contribution in [0.15, 0.2) is 42.9 Å². The predicted octanol–water partition coefficient (Wildman–Crippen LogP) is 2.71. The number of hydrogen-bond acceptors (Lipinski definition) is 5. The van der Waals surface area contributed by atoms with Gasteiger partial charge in [-0.15, -0.1) is 0 Å². The Morgan fingerprint density at radius 3 is 2.63 bits per heavy atom. The third kappa shape index (κ3) is 2.18. The molecule has 0 radical (unpaired) electrons. The van der Waals surface area contributed by atoms with Crippen molar-refractivity contribution in [1.82, 2.24) is 15.0 Å². The Morgan fingerprint density at radius 1 is 1.05 bits per heavy atom. The molecule has 0 spiro atoms. The van der Waals surface area contributed by atoms with Crippen molar-refractivity contribution in [1.29, 1.82) is 0 Å². The van der Waals surface area contributed by atoms with E-state index in [1.54, 1.807) is 30.7 Å². The second-order valence-electron chi connectivity index (χ2n) is 4.20. The van der Waals surface area contributed by atoms with Crippen LogP contribution in [0.5, 0.6) is 11.8 Å². The monoisotopic (exact) mass is 252 g/mol. The van der Waals surface area contributed by atoms with Gasteiger partial charge in [-0.2, -0.15) is 0 Å². The van der Waals surface area contributed by atoms with E-state index in [0.29, 0.717) is 23.0 Å². The first kappa shape index (κ1) is 11.4. The van der Waals surface area contributed by atoms with Gasteiger partial charge in [0, 0.05) is 24.0 Å². The third-order valence-corrected chi connectivity index (χ3v) is 2.72. The number of aromatic nitrogens is 3. The normalized spacial score (nSPS) is 10.6. The number of ether oxygens (including phenoxy) is 1. The summed E-state index contributed by atoms with van der Waals surface area (Å²) in [5, 5.41) is 0.840. The van der Waals surface area contributed by atoms with Gasteiger partial charge >= 0.3 is 6.01 Å². The van der Waals surface area contributed by atoms with Gasteiger partial charge in [0.1, 0.15) is 5.75 Å². The summed E-state index contributed by atoms with van der Waals surface area (Å²) in [6, 6.07) is 7.61. The van der Waals surface area contributed by atoms with Crippen molar-refractivity contribution in [3.8, 4) is 11.8 Å². The Hall–Kier alpha value is -2.69. The lowest BCUT2D eigenvalue weighted by atomic mass is 10.2. The summed E-state index contributed by atoms with van der Waals surface area (Å²) in [7, 11) is 0. The van der Waals surface area contributed by atoms with E-state index in [4.69, 9.17) is 10.5 Å². The molecule has 1 aromatic carbocycles. The zero-order valence-electron chi connectivity index (χ0n) is 10.4. The van der Waals surface area contributed by atoms with Gasteiger partial charge < -0.3 is 10.5 Å². The quantitative estimate of drug-likeness (QED) is 0.710. The van der Waals surface area contributed by atoms with Gasteiger partial charge in [0.2, 0.25) is 0 Å². The fourth-order valence-corrected chi connectivity index (χ4v) is 1.79. The summed E-state index contributed by atoms with van der Waals surface area (Å²) in [5.41, 5.74) is 8.20. The lowest BCUT2D eigenvalue weighted by Gasteiger charge is -2.08. The number of hydrogen-bond donors (Lipinski definition) is 1. The number of rotatable bonds is 2. The standard InChI is InChI=1S/C14H12N4O/c1-9-7-17-14(18-8-9)19-12-5-4-11(15)13-10(12)3-2-6-16-13/h2-8H,15H2,1H3. The van der Waals surface area contributed by atoms with E-state index in [0.717, 1.165) is 10.9 Å². The van der Waals surface area contributed by atoms with Gasteiger partial charge in [-0.3, -0.25) is 4.98 Å². The van der Waals surface area contributed by atoms with Gasteiger partial charge in [-0.1, -0.05) is 0 Å². The average Bonchev–Trinajstić information content (AvgIpc) is 2.45. The lowest BCUT2D eigenvalue weighted by molar-refractivity contribution is 0.446. The third-order valence-electron chi connectivity index (χ3n) is 2.72. The maximum atomic E-state index is 5.89. The van der Waals surface area contributed by atoms with Crippen LogP contribution in [-0.4, -0.2) is 15.0 Å². The Balaban J connectivity index is 2.06. The largest absolute Gasteiger partial charge is 0.424 e. The van der Waals surface area contributed by atoms with Gasteiger partial charge in [-0.25, -0.2) is 9.97 Å². The molecule has 2 aromatic heterocycles. The maximum absolute atomic E-state index is 5.89. The number of nitrogens with two attached hydrogens (primary N) is 1. The molecule has 0 saturated carbocycles. The van der Waals surface area contributed by atoms with E-state index in [1.807, 2.05) is 19.1 Å². The molecule has 94 valence electrons. The van der Waals surface area contributed by atoms with E-state index in [1.165, 1.54) is 0 Å². The SMILES string of the molecule is Cc1cnc(Oc2ccc(N)c3ncccc23)nc1. The molecule has 0 fully saturated rings. The van der Waals surface area contributed by atoms with Gasteiger partial charge in [0.25, 0.3) is 0 Å². The van der Waals surface area contributed by atoms with Gasteiger partial charge in [0.05, 0.1) is 11.2 Å². The molecule has 0 atom stereocenters. The van der Waals surface area contributed by atoms with Crippen LogP contribution in [0.1, 0.15) is 5.56 Å². The molecular weight excluding hydrogens is 240 g/mol. The summed E-state index contributed by atoms with van der Waals surface area (Å²) >= 11 is 0. The highest BCUT2D eigenvalue weighted by Gasteiger charge is 2.08. The Labute approximate surface area is 110 Å². The van der Waals surface area contributed by atoms with E-state index < -0.39 is 0 Å². The van der Waals surface area contributed by atoms with Crippen LogP contribution >= 0.6 is 0 Å². The van der Waals surface area contributed by atoms with Crippen molar-refractivity contribution in [3.63, 3.8) is 0 Å². The van der Waals surface area contributed by atoms with Crippen molar-refractivity contribution in [3.05, 3.63) is 48.4 Å². The highest BCUT2D eigenvalue weighted by molar-refractivity contribution is 5.93. The number of nitrogens with zero attached hydrogens (tertiary/aromatic N) is 3. The fraction of sp³-hybridized carbons (Fsp3) is 0.0714. The van der Waals surface area contributed by atoms with Crippen molar-refractivity contribution in [2.45, 2.75) is 6.92 Å². The zero-order chi connectivity index (χ0) is 13.2. The molecule has 0 saturated heterocycles. The molecule has 0 bridgehead atoms. The van der Waals surface area contributed by atoms with Crippen molar-refractivity contribution in [2.24, 2.45) is 0 Å². The molecule has 2 heterocycles. The van der Waals surface area contributed by atoms with E-state index in [-0.39, 0.29) is 0 Å². The number of fused-ring (bicyclic) bond motifs is 1. The molecule has 19 heavy (non-hydrogen) atoms. The minimum atomic E-state index is 0.306. The van der Waals surface area contributed by atoms with Gasteiger partial charge in [0.15, 0.2) is 0 Å². The second kappa shape index (κ2) is 4.53. The number of nitrogen functional groups attached to an aromatic ring is 1.